The molecular formula is C12H16N4O6. The smallest absolute Gasteiger partial charge is 0.368 e. The third-order valence-corrected chi connectivity index (χ3v) is 2.91. The van der Waals surface area contributed by atoms with E-state index in [1.807, 2.05) is 0 Å². The van der Waals surface area contributed by atoms with Crippen LogP contribution < -0.4 is 11.1 Å². The van der Waals surface area contributed by atoms with Gasteiger partial charge in [0.05, 0.1) is 17.0 Å². The SMILES string of the molecule is COC(=O)[C@@H](N)CCCNc1cccc([N+](=O)[O-])c1[N+](=O)[O-]. The maximum absolute atomic E-state index is 11.1. The Kier molecular flexibility index (Phi) is 6.20. The number of methoxy groups -OCH3 is 1. The van der Waals surface area contributed by atoms with E-state index in [0.717, 1.165) is 6.07 Å². The molecule has 0 aromatic heterocycles. The van der Waals surface area contributed by atoms with Crippen LogP contribution in [0.5, 0.6) is 0 Å². The van der Waals surface area contributed by atoms with E-state index in [1.165, 1.54) is 19.2 Å². The molecule has 0 heterocycles. The van der Waals surface area contributed by atoms with Crippen LogP contribution in [0, 0.1) is 20.2 Å². The average molecular weight is 312 g/mol. The summed E-state index contributed by atoms with van der Waals surface area (Å²) >= 11 is 0. The Balaban J connectivity index is 2.70. The molecule has 22 heavy (non-hydrogen) atoms. The summed E-state index contributed by atoms with van der Waals surface area (Å²) in [7, 11) is 1.23. The van der Waals surface area contributed by atoms with Gasteiger partial charge in [0.25, 0.3) is 0 Å². The first-order valence-corrected chi connectivity index (χ1v) is 6.37. The lowest BCUT2D eigenvalue weighted by molar-refractivity contribution is -0.421. The van der Waals surface area contributed by atoms with Crippen molar-refractivity contribution in [3.63, 3.8) is 0 Å². The van der Waals surface area contributed by atoms with Gasteiger partial charge in [-0.05, 0) is 18.9 Å². The summed E-state index contributed by atoms with van der Waals surface area (Å²) in [5.41, 5.74) is 4.42. The van der Waals surface area contributed by atoms with E-state index in [4.69, 9.17) is 5.73 Å². The zero-order valence-electron chi connectivity index (χ0n) is 11.9. The summed E-state index contributed by atoms with van der Waals surface area (Å²) in [6.07, 6.45) is 0.762. The van der Waals surface area contributed by atoms with E-state index in [-0.39, 0.29) is 12.2 Å². The molecule has 0 aliphatic carbocycles. The molecule has 10 heteroatoms. The summed E-state index contributed by atoms with van der Waals surface area (Å²) in [6, 6.07) is 3.03. The van der Waals surface area contributed by atoms with Gasteiger partial charge in [-0.25, -0.2) is 0 Å². The van der Waals surface area contributed by atoms with Gasteiger partial charge in [0, 0.05) is 12.6 Å². The molecule has 0 spiro atoms. The number of nitrogens with two attached hydrogens (primary N) is 1. The molecule has 1 aromatic carbocycles. The first-order chi connectivity index (χ1) is 10.4. The Hall–Kier alpha value is -2.75. The van der Waals surface area contributed by atoms with Gasteiger partial charge in [0.15, 0.2) is 0 Å². The van der Waals surface area contributed by atoms with Crippen LogP contribution in [-0.4, -0.2) is 35.5 Å². The number of ether oxygens (including phenoxy) is 1. The fourth-order valence-electron chi connectivity index (χ4n) is 1.83. The second-order valence-corrected chi connectivity index (χ2v) is 4.39. The Morgan fingerprint density at radius 1 is 1.36 bits per heavy atom. The van der Waals surface area contributed by atoms with Gasteiger partial charge in [-0.15, -0.1) is 0 Å². The van der Waals surface area contributed by atoms with Crippen LogP contribution in [0.4, 0.5) is 17.1 Å². The topological polar surface area (TPSA) is 151 Å². The van der Waals surface area contributed by atoms with Crippen molar-refractivity contribution in [2.24, 2.45) is 5.73 Å². The monoisotopic (exact) mass is 312 g/mol. The maximum Gasteiger partial charge on any atom is 0.368 e. The summed E-state index contributed by atoms with van der Waals surface area (Å²) in [5.74, 6) is -0.540. The van der Waals surface area contributed by atoms with Crippen LogP contribution >= 0.6 is 0 Å². The lowest BCUT2D eigenvalue weighted by Crippen LogP contribution is -2.31. The summed E-state index contributed by atoms with van der Waals surface area (Å²) in [5, 5.41) is 24.6. The molecule has 0 amide bonds. The number of benzene rings is 1. The molecule has 1 rings (SSSR count). The van der Waals surface area contributed by atoms with E-state index in [0.29, 0.717) is 12.8 Å². The molecule has 0 bridgehead atoms. The highest BCUT2D eigenvalue weighted by molar-refractivity contribution is 5.75. The van der Waals surface area contributed by atoms with Gasteiger partial charge < -0.3 is 15.8 Å². The molecule has 0 saturated carbocycles. The molecule has 1 aromatic rings. The zero-order chi connectivity index (χ0) is 16.7. The predicted molar refractivity (Wildman–Crippen MR) is 77.5 cm³/mol. The minimum atomic E-state index is -0.809. The molecule has 0 unspecified atom stereocenters. The van der Waals surface area contributed by atoms with E-state index < -0.39 is 33.2 Å². The van der Waals surface area contributed by atoms with E-state index in [1.54, 1.807) is 0 Å². The fraction of sp³-hybridized carbons (Fsp3) is 0.417. The van der Waals surface area contributed by atoms with Crippen molar-refractivity contribution >= 4 is 23.0 Å². The number of nitrogens with zero attached hydrogens (tertiary/aromatic N) is 2. The van der Waals surface area contributed by atoms with Crippen LogP contribution in [-0.2, 0) is 9.53 Å². The lowest BCUT2D eigenvalue weighted by Gasteiger charge is -2.10. The van der Waals surface area contributed by atoms with Crippen molar-refractivity contribution in [3.05, 3.63) is 38.4 Å². The van der Waals surface area contributed by atoms with Gasteiger partial charge >= 0.3 is 17.3 Å². The number of para-hydroxylation sites is 1. The van der Waals surface area contributed by atoms with Gasteiger partial charge in [0.1, 0.15) is 11.7 Å². The minimum absolute atomic E-state index is 0.0471. The summed E-state index contributed by atoms with van der Waals surface area (Å²) < 4.78 is 4.47. The number of nitro benzene ring substituents is 2. The first-order valence-electron chi connectivity index (χ1n) is 6.37. The number of carbonyl (C=O) groups is 1. The van der Waals surface area contributed by atoms with Crippen molar-refractivity contribution in [1.29, 1.82) is 0 Å². The Morgan fingerprint density at radius 2 is 2.05 bits per heavy atom. The highest BCUT2D eigenvalue weighted by Crippen LogP contribution is 2.34. The standard InChI is InChI=1S/C12H16N4O6/c1-22-12(17)8(13)4-3-7-14-9-5-2-6-10(15(18)19)11(9)16(20)21/h2,5-6,8,14H,3-4,7,13H2,1H3/t8-/m0/s1. The highest BCUT2D eigenvalue weighted by Gasteiger charge is 2.27. The third kappa shape index (κ3) is 4.38. The van der Waals surface area contributed by atoms with Crippen molar-refractivity contribution in [3.8, 4) is 0 Å². The second kappa shape index (κ2) is 7.88. The Bertz CT molecular complexity index is 577. The fourth-order valence-corrected chi connectivity index (χ4v) is 1.83. The highest BCUT2D eigenvalue weighted by atomic mass is 16.6. The number of carbonyl (C=O) groups excluding carboxylic acids is 1. The van der Waals surface area contributed by atoms with Crippen LogP contribution in [0.3, 0.4) is 0 Å². The molecule has 0 saturated heterocycles. The molecular weight excluding hydrogens is 296 g/mol. The van der Waals surface area contributed by atoms with Crippen molar-refractivity contribution in [1.82, 2.24) is 0 Å². The Labute approximate surface area is 125 Å². The van der Waals surface area contributed by atoms with E-state index in [9.17, 15) is 25.0 Å². The summed E-state index contributed by atoms with van der Waals surface area (Å²) in [6.45, 7) is 0.271. The second-order valence-electron chi connectivity index (χ2n) is 4.39. The molecule has 0 fully saturated rings. The van der Waals surface area contributed by atoms with Gasteiger partial charge in [-0.1, -0.05) is 6.07 Å². The zero-order valence-corrected chi connectivity index (χ0v) is 11.9. The molecule has 0 aliphatic rings. The number of nitrogens with one attached hydrogen (secondary N) is 1. The van der Waals surface area contributed by atoms with Crippen molar-refractivity contribution in [2.75, 3.05) is 19.0 Å². The van der Waals surface area contributed by atoms with Crippen LogP contribution in [0.25, 0.3) is 0 Å². The van der Waals surface area contributed by atoms with Crippen LogP contribution in [0.15, 0.2) is 18.2 Å². The molecule has 0 aliphatic heterocycles. The number of esters is 1. The molecule has 3 N–H and O–H groups in total. The van der Waals surface area contributed by atoms with Gasteiger partial charge in [-0.3, -0.25) is 25.0 Å². The average Bonchev–Trinajstić information content (AvgIpc) is 2.49. The maximum atomic E-state index is 11.1. The van der Waals surface area contributed by atoms with E-state index >= 15 is 0 Å². The molecule has 1 atom stereocenters. The Morgan fingerprint density at radius 3 is 2.59 bits per heavy atom. The number of anilines is 1. The van der Waals surface area contributed by atoms with Crippen molar-refractivity contribution in [2.45, 2.75) is 18.9 Å². The number of hydrogen-bond donors (Lipinski definition) is 2. The normalized spacial score (nSPS) is 11.5. The first kappa shape index (κ1) is 17.3. The number of nitro groups is 2. The quantitative estimate of drug-likeness (QED) is 0.314. The minimum Gasteiger partial charge on any atom is -0.468 e. The van der Waals surface area contributed by atoms with Crippen LogP contribution in [0.2, 0.25) is 0 Å². The molecule has 10 nitrogen and oxygen atoms in total. The largest absolute Gasteiger partial charge is 0.468 e. The number of hydrogen-bond acceptors (Lipinski definition) is 8. The van der Waals surface area contributed by atoms with Gasteiger partial charge in [-0.2, -0.15) is 0 Å². The summed E-state index contributed by atoms with van der Waals surface area (Å²) in [4.78, 5) is 31.3. The predicted octanol–water partition coefficient (Wildman–Crippen LogP) is 1.20. The molecule has 120 valence electrons. The van der Waals surface area contributed by atoms with Crippen LogP contribution in [0.1, 0.15) is 12.8 Å². The van der Waals surface area contributed by atoms with Gasteiger partial charge in [0.2, 0.25) is 0 Å². The van der Waals surface area contributed by atoms with Crippen molar-refractivity contribution < 1.29 is 19.4 Å². The van der Waals surface area contributed by atoms with E-state index in [2.05, 4.69) is 10.1 Å². The number of rotatable bonds is 8. The lowest BCUT2D eigenvalue weighted by atomic mass is 10.1. The third-order valence-electron chi connectivity index (χ3n) is 2.91. The molecule has 0 radical (unpaired) electrons.